The number of aromatic nitrogens is 2. The molecule has 2 bridgehead atoms. The van der Waals surface area contributed by atoms with Gasteiger partial charge in [-0.1, -0.05) is 17.7 Å². The van der Waals surface area contributed by atoms with Crippen LogP contribution in [-0.4, -0.2) is 83.8 Å². The molecule has 3 aliphatic heterocycles. The van der Waals surface area contributed by atoms with Crippen LogP contribution in [0.5, 0.6) is 5.75 Å². The van der Waals surface area contributed by atoms with Gasteiger partial charge < -0.3 is 25.0 Å². The second kappa shape index (κ2) is 12.2. The molecule has 1 saturated carbocycles. The van der Waals surface area contributed by atoms with Crippen molar-refractivity contribution in [1.82, 2.24) is 19.8 Å². The maximum Gasteiger partial charge on any atom is 0.248 e. The third-order valence-electron chi connectivity index (χ3n) is 9.82. The van der Waals surface area contributed by atoms with E-state index in [1.165, 1.54) is 31.3 Å². The number of halogens is 2. The number of likely N-dealkylation sites (tertiary alicyclic amines) is 1. The fraction of sp³-hybridized carbons (Fsp3) is 0.485. The number of rotatable bonds is 8. The number of nitrogens with one attached hydrogen (secondary N) is 2. The second-order valence-electron chi connectivity index (χ2n) is 12.8. The molecule has 2 atom stereocenters. The Morgan fingerprint density at radius 1 is 1.16 bits per heavy atom. The molecule has 9 nitrogen and oxygen atoms in total. The Hall–Kier alpha value is -3.31. The first kappa shape index (κ1) is 29.4. The zero-order chi connectivity index (χ0) is 30.3. The van der Waals surface area contributed by atoms with E-state index in [0.29, 0.717) is 57.9 Å². The lowest BCUT2D eigenvalue weighted by Gasteiger charge is -2.51. The fourth-order valence-electron chi connectivity index (χ4n) is 7.23. The van der Waals surface area contributed by atoms with Crippen LogP contribution in [0.2, 0.25) is 5.02 Å². The van der Waals surface area contributed by atoms with Crippen LogP contribution in [0.1, 0.15) is 38.5 Å². The highest BCUT2D eigenvalue weighted by molar-refractivity contribution is 6.31. The molecule has 1 aromatic heterocycles. The van der Waals surface area contributed by atoms with E-state index in [1.807, 2.05) is 18.2 Å². The summed E-state index contributed by atoms with van der Waals surface area (Å²) in [7, 11) is 2.18. The Morgan fingerprint density at radius 2 is 1.93 bits per heavy atom. The van der Waals surface area contributed by atoms with Gasteiger partial charge in [-0.25, -0.2) is 14.4 Å². The van der Waals surface area contributed by atoms with Gasteiger partial charge in [0.25, 0.3) is 0 Å². The summed E-state index contributed by atoms with van der Waals surface area (Å²) in [6, 6.07) is 8.97. The first-order valence-electron chi connectivity index (χ1n) is 15.5. The molecule has 11 heteroatoms. The highest BCUT2D eigenvalue weighted by Gasteiger charge is 2.46. The van der Waals surface area contributed by atoms with Crippen molar-refractivity contribution in [2.75, 3.05) is 50.5 Å². The zero-order valence-corrected chi connectivity index (χ0v) is 25.7. The monoisotopic (exact) mass is 620 g/mol. The van der Waals surface area contributed by atoms with E-state index < -0.39 is 5.82 Å². The summed E-state index contributed by atoms with van der Waals surface area (Å²) in [5, 5.41) is 6.97. The third kappa shape index (κ3) is 6.13. The number of piperidine rings is 1. The number of fused-ring (bicyclic) bond motifs is 3. The number of carbonyl (C=O) groups is 1. The summed E-state index contributed by atoms with van der Waals surface area (Å²) in [6.07, 6.45) is 11.8. The van der Waals surface area contributed by atoms with E-state index in [4.69, 9.17) is 21.1 Å². The Morgan fingerprint density at radius 3 is 2.68 bits per heavy atom. The molecule has 4 aliphatic rings. The van der Waals surface area contributed by atoms with Crippen molar-refractivity contribution in [3.8, 4) is 5.75 Å². The molecule has 7 rings (SSSR count). The highest BCUT2D eigenvalue weighted by atomic mass is 35.5. The lowest BCUT2D eigenvalue weighted by Crippen LogP contribution is -2.50. The molecule has 4 fully saturated rings. The minimum Gasteiger partial charge on any atom is -0.488 e. The molecule has 44 heavy (non-hydrogen) atoms. The standard InChI is InChI=1S/C33H38ClFN6O3/c1-40-11-8-33(9-12-40)16-24(17-33)44-30-15-28-25(32(37-20-36-28)38-21-4-7-27(35)26(34)13-21)14-29(30)39-31(42)3-2-10-41-22-5-6-23(41)19-43-18-22/h2-4,7,13-15,20,22-24H,5-6,8-12,16-19H2,1H3,(H,39,42)(H,36,37,38). The minimum atomic E-state index is -0.496. The van der Waals surface area contributed by atoms with Crippen molar-refractivity contribution in [2.45, 2.75) is 56.7 Å². The van der Waals surface area contributed by atoms with Crippen LogP contribution in [0, 0.1) is 11.2 Å². The average molecular weight is 621 g/mol. The van der Waals surface area contributed by atoms with Gasteiger partial charge in [0.1, 0.15) is 23.7 Å². The van der Waals surface area contributed by atoms with E-state index in [0.717, 1.165) is 52.0 Å². The molecule has 1 amide bonds. The lowest BCUT2D eigenvalue weighted by atomic mass is 9.61. The van der Waals surface area contributed by atoms with Crippen LogP contribution in [-0.2, 0) is 9.53 Å². The Kier molecular flexibility index (Phi) is 8.17. The van der Waals surface area contributed by atoms with Gasteiger partial charge in [-0.05, 0) is 88.3 Å². The first-order chi connectivity index (χ1) is 21.3. The van der Waals surface area contributed by atoms with E-state index >= 15 is 0 Å². The molecule has 232 valence electrons. The van der Waals surface area contributed by atoms with E-state index in [1.54, 1.807) is 12.1 Å². The third-order valence-corrected chi connectivity index (χ3v) is 10.1. The van der Waals surface area contributed by atoms with Crippen LogP contribution in [0.4, 0.5) is 21.6 Å². The van der Waals surface area contributed by atoms with E-state index in [2.05, 4.69) is 37.4 Å². The summed E-state index contributed by atoms with van der Waals surface area (Å²) in [5.74, 6) is 0.371. The molecule has 2 N–H and O–H groups in total. The summed E-state index contributed by atoms with van der Waals surface area (Å²) in [5.41, 5.74) is 2.16. The molecular formula is C33H38ClFN6O3. The average Bonchev–Trinajstić information content (AvgIpc) is 3.20. The number of morpholine rings is 1. The number of nitrogens with zero attached hydrogens (tertiary/aromatic N) is 4. The van der Waals surface area contributed by atoms with E-state index in [-0.39, 0.29) is 17.0 Å². The van der Waals surface area contributed by atoms with Gasteiger partial charge in [0.05, 0.1) is 35.5 Å². The number of hydrogen-bond acceptors (Lipinski definition) is 8. The normalized spacial score (nSPS) is 23.7. The van der Waals surface area contributed by atoms with E-state index in [9.17, 15) is 9.18 Å². The Bertz CT molecular complexity index is 1550. The van der Waals surface area contributed by atoms with Gasteiger partial charge in [0.15, 0.2) is 0 Å². The maximum atomic E-state index is 13.8. The Labute approximate surface area is 261 Å². The SMILES string of the molecule is CN1CCC2(CC1)CC(Oc1cc3ncnc(Nc4ccc(F)c(Cl)c4)c3cc1NC(=O)C=CCN1C3CCC1COC3)C2. The lowest BCUT2D eigenvalue weighted by molar-refractivity contribution is -0.112. The largest absolute Gasteiger partial charge is 0.488 e. The van der Waals surface area contributed by atoms with Gasteiger partial charge >= 0.3 is 0 Å². The van der Waals surface area contributed by atoms with Crippen molar-refractivity contribution in [1.29, 1.82) is 0 Å². The quantitative estimate of drug-likeness (QED) is 0.307. The van der Waals surface area contributed by atoms with Gasteiger partial charge in [-0.2, -0.15) is 0 Å². The first-order valence-corrected chi connectivity index (χ1v) is 15.9. The van der Waals surface area contributed by atoms with Gasteiger partial charge in [0, 0.05) is 41.8 Å². The van der Waals surface area contributed by atoms with Crippen molar-refractivity contribution < 1.29 is 18.7 Å². The minimum absolute atomic E-state index is 0.0109. The number of benzene rings is 2. The van der Waals surface area contributed by atoms with Crippen LogP contribution in [0.15, 0.2) is 48.8 Å². The second-order valence-corrected chi connectivity index (χ2v) is 13.2. The predicted octanol–water partition coefficient (Wildman–Crippen LogP) is 5.78. The molecular weight excluding hydrogens is 583 g/mol. The van der Waals surface area contributed by atoms with Gasteiger partial charge in [-0.15, -0.1) is 0 Å². The van der Waals surface area contributed by atoms with Crippen LogP contribution >= 0.6 is 11.6 Å². The summed E-state index contributed by atoms with van der Waals surface area (Å²) in [6.45, 7) is 4.48. The van der Waals surface area contributed by atoms with Crippen LogP contribution in [0.25, 0.3) is 10.9 Å². The van der Waals surface area contributed by atoms with Crippen molar-refractivity contribution in [3.63, 3.8) is 0 Å². The molecule has 3 aromatic rings. The molecule has 3 saturated heterocycles. The van der Waals surface area contributed by atoms with Gasteiger partial charge in [0.2, 0.25) is 5.91 Å². The maximum absolute atomic E-state index is 13.8. The molecule has 4 heterocycles. The molecule has 2 aromatic carbocycles. The van der Waals surface area contributed by atoms with Crippen LogP contribution in [0.3, 0.4) is 0 Å². The smallest absolute Gasteiger partial charge is 0.248 e. The molecule has 1 aliphatic carbocycles. The van der Waals surface area contributed by atoms with Crippen molar-refractivity contribution in [2.24, 2.45) is 5.41 Å². The molecule has 1 spiro atoms. The summed E-state index contributed by atoms with van der Waals surface area (Å²) in [4.78, 5) is 27.0. The van der Waals surface area contributed by atoms with Crippen LogP contribution < -0.4 is 15.4 Å². The number of amides is 1. The molecule has 0 radical (unpaired) electrons. The van der Waals surface area contributed by atoms with Crippen molar-refractivity contribution in [3.05, 3.63) is 59.7 Å². The topological polar surface area (TPSA) is 91.8 Å². The highest BCUT2D eigenvalue weighted by Crippen LogP contribution is 2.51. The Balaban J connectivity index is 1.12. The fourth-order valence-corrected chi connectivity index (χ4v) is 7.41. The number of carbonyl (C=O) groups excluding carboxylic acids is 1. The number of ether oxygens (including phenoxy) is 2. The summed E-state index contributed by atoms with van der Waals surface area (Å²) < 4.78 is 26.0. The van der Waals surface area contributed by atoms with Crippen molar-refractivity contribution >= 4 is 45.6 Å². The number of anilines is 3. The molecule has 2 unspecified atom stereocenters. The predicted molar refractivity (Wildman–Crippen MR) is 169 cm³/mol. The van der Waals surface area contributed by atoms with Gasteiger partial charge in [-0.3, -0.25) is 9.69 Å². The number of hydrogen-bond donors (Lipinski definition) is 2. The zero-order valence-electron chi connectivity index (χ0n) is 24.9. The summed E-state index contributed by atoms with van der Waals surface area (Å²) >= 11 is 6.01.